The summed E-state index contributed by atoms with van der Waals surface area (Å²) in [5.41, 5.74) is 1.68. The Morgan fingerprint density at radius 1 is 1.53 bits per heavy atom. The molecule has 17 heavy (non-hydrogen) atoms. The number of halogens is 1. The number of benzene rings is 1. The molecule has 0 aliphatic carbocycles. The number of hydrogen-bond donors (Lipinski definition) is 1. The molecule has 2 aromatic rings. The average molecular weight is 248 g/mol. The monoisotopic (exact) mass is 247 g/mol. The number of H-pyrrole nitrogens is 1. The molecule has 4 heteroatoms. The molecule has 0 aliphatic rings. The molecule has 1 aromatic carbocycles. The molecule has 0 atom stereocenters. The van der Waals surface area contributed by atoms with E-state index in [1.54, 1.807) is 0 Å². The predicted molar refractivity (Wildman–Crippen MR) is 66.8 cm³/mol. The van der Waals surface area contributed by atoms with Gasteiger partial charge in [-0.05, 0) is 18.2 Å². The summed E-state index contributed by atoms with van der Waals surface area (Å²) in [6.45, 7) is 0. The van der Waals surface area contributed by atoms with E-state index < -0.39 is 0 Å². The van der Waals surface area contributed by atoms with Gasteiger partial charge in [-0.3, -0.25) is 4.79 Å². The fraction of sp³-hybridized carbons (Fsp3) is 0.154. The van der Waals surface area contributed by atoms with E-state index in [9.17, 15) is 4.79 Å². The molecule has 0 amide bonds. The van der Waals surface area contributed by atoms with Crippen LogP contribution in [-0.4, -0.2) is 18.1 Å². The maximum Gasteiger partial charge on any atom is 0.317 e. The first kappa shape index (κ1) is 11.6. The molecule has 0 radical (unpaired) electrons. The molecule has 0 fully saturated rings. The van der Waals surface area contributed by atoms with E-state index in [4.69, 9.17) is 11.6 Å². The van der Waals surface area contributed by atoms with E-state index in [0.717, 1.165) is 10.9 Å². The molecule has 1 aromatic heterocycles. The van der Waals surface area contributed by atoms with E-state index in [1.807, 2.05) is 24.4 Å². The molecule has 0 aliphatic heterocycles. The standard InChI is InChI=1S/C13H10ClNO2/c1-17-13(16)4-2-3-9-7-10-5-6-15-12(10)8-11(9)14/h5-8,15H,4H2,1H3. The fourth-order valence-corrected chi connectivity index (χ4v) is 1.66. The third-order valence-electron chi connectivity index (χ3n) is 2.32. The lowest BCUT2D eigenvalue weighted by Crippen LogP contribution is -1.97. The Morgan fingerprint density at radius 3 is 3.12 bits per heavy atom. The highest BCUT2D eigenvalue weighted by Gasteiger charge is 2.01. The first-order chi connectivity index (χ1) is 8.20. The highest BCUT2D eigenvalue weighted by atomic mass is 35.5. The molecule has 0 bridgehead atoms. The zero-order valence-corrected chi connectivity index (χ0v) is 9.97. The molecule has 1 N–H and O–H groups in total. The molecular formula is C13H10ClNO2. The summed E-state index contributed by atoms with van der Waals surface area (Å²) in [5, 5.41) is 1.61. The van der Waals surface area contributed by atoms with Crippen LogP contribution in [0.2, 0.25) is 5.02 Å². The van der Waals surface area contributed by atoms with Gasteiger partial charge in [-0.2, -0.15) is 0 Å². The van der Waals surface area contributed by atoms with Crippen LogP contribution in [0.15, 0.2) is 24.4 Å². The predicted octanol–water partition coefficient (Wildman–Crippen LogP) is 2.74. The smallest absolute Gasteiger partial charge is 0.317 e. The van der Waals surface area contributed by atoms with Gasteiger partial charge in [-0.25, -0.2) is 0 Å². The second-order valence-electron chi connectivity index (χ2n) is 3.45. The Morgan fingerprint density at radius 2 is 2.35 bits per heavy atom. The molecular weight excluding hydrogens is 238 g/mol. The van der Waals surface area contributed by atoms with Gasteiger partial charge in [0, 0.05) is 22.7 Å². The first-order valence-electron chi connectivity index (χ1n) is 5.03. The van der Waals surface area contributed by atoms with Gasteiger partial charge in [-0.15, -0.1) is 0 Å². The van der Waals surface area contributed by atoms with Crippen molar-refractivity contribution in [3.63, 3.8) is 0 Å². The number of methoxy groups -OCH3 is 1. The van der Waals surface area contributed by atoms with E-state index in [1.165, 1.54) is 7.11 Å². The third kappa shape index (κ3) is 2.61. The molecule has 3 nitrogen and oxygen atoms in total. The maximum absolute atomic E-state index is 10.9. The Labute approximate surface area is 104 Å². The molecule has 86 valence electrons. The van der Waals surface area contributed by atoms with Crippen LogP contribution in [0.3, 0.4) is 0 Å². The van der Waals surface area contributed by atoms with Crippen LogP contribution in [0.25, 0.3) is 10.9 Å². The summed E-state index contributed by atoms with van der Waals surface area (Å²) in [7, 11) is 1.34. The summed E-state index contributed by atoms with van der Waals surface area (Å²) in [4.78, 5) is 14.0. The first-order valence-corrected chi connectivity index (χ1v) is 5.41. The molecule has 0 saturated carbocycles. The second-order valence-corrected chi connectivity index (χ2v) is 3.86. The largest absolute Gasteiger partial charge is 0.468 e. The molecule has 0 spiro atoms. The van der Waals surface area contributed by atoms with Crippen molar-refractivity contribution in [2.75, 3.05) is 7.11 Å². The van der Waals surface area contributed by atoms with E-state index in [-0.39, 0.29) is 12.4 Å². The van der Waals surface area contributed by atoms with Crippen LogP contribution in [0.1, 0.15) is 12.0 Å². The van der Waals surface area contributed by atoms with E-state index in [2.05, 4.69) is 21.6 Å². The molecule has 2 rings (SSSR count). The fourth-order valence-electron chi connectivity index (χ4n) is 1.45. The van der Waals surface area contributed by atoms with Crippen LogP contribution in [0, 0.1) is 11.8 Å². The number of fused-ring (bicyclic) bond motifs is 1. The van der Waals surface area contributed by atoms with Gasteiger partial charge in [0.15, 0.2) is 0 Å². The summed E-state index contributed by atoms with van der Waals surface area (Å²) in [5.74, 6) is 5.24. The SMILES string of the molecule is COC(=O)CC#Cc1cc2cc[nH]c2cc1Cl. The summed E-state index contributed by atoms with van der Waals surface area (Å²) in [6.07, 6.45) is 1.91. The molecule has 0 unspecified atom stereocenters. The number of hydrogen-bond acceptors (Lipinski definition) is 2. The van der Waals surface area contributed by atoms with Crippen molar-refractivity contribution in [3.8, 4) is 11.8 Å². The normalized spacial score (nSPS) is 9.76. The van der Waals surface area contributed by atoms with Crippen molar-refractivity contribution in [1.82, 2.24) is 4.98 Å². The van der Waals surface area contributed by atoms with Crippen LogP contribution in [-0.2, 0) is 9.53 Å². The van der Waals surface area contributed by atoms with Gasteiger partial charge >= 0.3 is 5.97 Å². The Bertz CT molecular complexity index is 619. The van der Waals surface area contributed by atoms with Gasteiger partial charge in [0.1, 0.15) is 6.42 Å². The highest BCUT2D eigenvalue weighted by Crippen LogP contribution is 2.22. The van der Waals surface area contributed by atoms with Crippen LogP contribution >= 0.6 is 11.6 Å². The minimum Gasteiger partial charge on any atom is -0.468 e. The quantitative estimate of drug-likeness (QED) is 0.622. The average Bonchev–Trinajstić information content (AvgIpc) is 2.76. The lowest BCUT2D eigenvalue weighted by Gasteiger charge is -1.96. The summed E-state index contributed by atoms with van der Waals surface area (Å²) >= 11 is 6.07. The Balaban J connectivity index is 2.28. The van der Waals surface area contributed by atoms with Crippen LogP contribution in [0.5, 0.6) is 0 Å². The van der Waals surface area contributed by atoms with Gasteiger partial charge in [0.2, 0.25) is 0 Å². The molecule has 0 saturated heterocycles. The zero-order chi connectivity index (χ0) is 12.3. The number of ether oxygens (including phenoxy) is 1. The maximum atomic E-state index is 10.9. The lowest BCUT2D eigenvalue weighted by atomic mass is 10.1. The Kier molecular flexibility index (Phi) is 3.36. The second kappa shape index (κ2) is 4.94. The summed E-state index contributed by atoms with van der Waals surface area (Å²) < 4.78 is 4.50. The molecule has 1 heterocycles. The van der Waals surface area contributed by atoms with Crippen molar-refractivity contribution >= 4 is 28.5 Å². The van der Waals surface area contributed by atoms with Crippen molar-refractivity contribution in [1.29, 1.82) is 0 Å². The van der Waals surface area contributed by atoms with Crippen molar-refractivity contribution in [2.24, 2.45) is 0 Å². The number of rotatable bonds is 1. The van der Waals surface area contributed by atoms with E-state index in [0.29, 0.717) is 10.6 Å². The summed E-state index contributed by atoms with van der Waals surface area (Å²) in [6, 6.07) is 5.65. The van der Waals surface area contributed by atoms with Crippen molar-refractivity contribution in [3.05, 3.63) is 35.0 Å². The van der Waals surface area contributed by atoms with E-state index >= 15 is 0 Å². The van der Waals surface area contributed by atoms with Gasteiger partial charge in [0.05, 0.1) is 12.1 Å². The number of carbonyl (C=O) groups excluding carboxylic acids is 1. The van der Waals surface area contributed by atoms with Crippen molar-refractivity contribution < 1.29 is 9.53 Å². The highest BCUT2D eigenvalue weighted by molar-refractivity contribution is 6.32. The Hall–Kier alpha value is -1.92. The minimum absolute atomic E-state index is 0.0675. The topological polar surface area (TPSA) is 42.1 Å². The van der Waals surface area contributed by atoms with Gasteiger partial charge < -0.3 is 9.72 Å². The number of carbonyl (C=O) groups is 1. The van der Waals surface area contributed by atoms with Gasteiger partial charge in [-0.1, -0.05) is 23.4 Å². The lowest BCUT2D eigenvalue weighted by molar-refractivity contribution is -0.139. The minimum atomic E-state index is -0.351. The number of esters is 1. The number of aromatic nitrogens is 1. The number of nitrogens with one attached hydrogen (secondary N) is 1. The van der Waals surface area contributed by atoms with Crippen molar-refractivity contribution in [2.45, 2.75) is 6.42 Å². The third-order valence-corrected chi connectivity index (χ3v) is 2.64. The van der Waals surface area contributed by atoms with Crippen LogP contribution < -0.4 is 0 Å². The number of aromatic amines is 1. The van der Waals surface area contributed by atoms with Crippen LogP contribution in [0.4, 0.5) is 0 Å². The van der Waals surface area contributed by atoms with Gasteiger partial charge in [0.25, 0.3) is 0 Å². The zero-order valence-electron chi connectivity index (χ0n) is 9.21.